The number of rotatable bonds is 17. The van der Waals surface area contributed by atoms with Crippen molar-refractivity contribution in [3.05, 3.63) is 60.2 Å². The van der Waals surface area contributed by atoms with E-state index in [1.165, 1.54) is 31.4 Å². The average molecular weight is 428 g/mol. The smallest absolute Gasteiger partial charge is 0.220 e. The van der Waals surface area contributed by atoms with Crippen molar-refractivity contribution in [1.29, 1.82) is 0 Å². The van der Waals surface area contributed by atoms with Crippen molar-refractivity contribution < 1.29 is 19.5 Å². The van der Waals surface area contributed by atoms with E-state index in [2.05, 4.69) is 12.2 Å². The van der Waals surface area contributed by atoms with Crippen molar-refractivity contribution in [2.45, 2.75) is 77.2 Å². The summed E-state index contributed by atoms with van der Waals surface area (Å²) in [5.41, 5.74) is 0.863. The van der Waals surface area contributed by atoms with Crippen LogP contribution in [-0.2, 0) is 14.4 Å². The molecule has 2 N–H and O–H groups in total. The molecule has 0 heterocycles. The van der Waals surface area contributed by atoms with E-state index in [1.54, 1.807) is 12.2 Å². The molecule has 0 fully saturated rings. The van der Waals surface area contributed by atoms with E-state index in [4.69, 9.17) is 0 Å². The van der Waals surface area contributed by atoms with E-state index in [9.17, 15) is 19.5 Å². The Kier molecular flexibility index (Phi) is 14.7. The summed E-state index contributed by atoms with van der Waals surface area (Å²) in [6.45, 7) is 2.01. The molecule has 170 valence electrons. The number of allylic oxidation sites excluding steroid dienone is 4. The molecule has 0 saturated heterocycles. The van der Waals surface area contributed by atoms with Gasteiger partial charge in [-0.05, 0) is 37.0 Å². The first-order valence-corrected chi connectivity index (χ1v) is 11.4. The van der Waals surface area contributed by atoms with Gasteiger partial charge in [0.2, 0.25) is 5.91 Å². The molecule has 5 nitrogen and oxygen atoms in total. The van der Waals surface area contributed by atoms with Crippen molar-refractivity contribution >= 4 is 17.5 Å². The first kappa shape index (κ1) is 26.5. The number of hydrogen-bond donors (Lipinski definition) is 2. The molecule has 31 heavy (non-hydrogen) atoms. The van der Waals surface area contributed by atoms with Gasteiger partial charge in [0.05, 0.1) is 12.6 Å². The summed E-state index contributed by atoms with van der Waals surface area (Å²) in [6.07, 6.45) is 14.3. The number of ketones is 2. The molecule has 0 bridgehead atoms. The van der Waals surface area contributed by atoms with Gasteiger partial charge in [0.15, 0.2) is 11.6 Å². The number of aliphatic hydroxyl groups is 1. The van der Waals surface area contributed by atoms with Gasteiger partial charge in [0.1, 0.15) is 0 Å². The predicted octanol–water partition coefficient (Wildman–Crippen LogP) is 5.01. The number of aliphatic hydroxyl groups excluding tert-OH is 1. The third kappa shape index (κ3) is 13.4. The lowest BCUT2D eigenvalue weighted by Gasteiger charge is -2.16. The van der Waals surface area contributed by atoms with E-state index >= 15 is 0 Å². The molecular formula is C26H37NO4. The first-order chi connectivity index (χ1) is 15.1. The predicted molar refractivity (Wildman–Crippen MR) is 125 cm³/mol. The summed E-state index contributed by atoms with van der Waals surface area (Å²) in [5, 5.41) is 12.3. The molecule has 1 aromatic carbocycles. The second-order valence-electron chi connectivity index (χ2n) is 7.74. The maximum atomic E-state index is 12.1. The minimum atomic E-state index is -0.413. The lowest BCUT2D eigenvalue weighted by molar-refractivity contribution is -0.122. The van der Waals surface area contributed by atoms with Crippen LogP contribution in [-0.4, -0.2) is 29.2 Å². The average Bonchev–Trinajstić information content (AvgIpc) is 2.78. The Balaban J connectivity index is 2.16. The minimum absolute atomic E-state index is 0.0189. The number of amides is 1. The van der Waals surface area contributed by atoms with Gasteiger partial charge in [-0.25, -0.2) is 0 Å². The van der Waals surface area contributed by atoms with Crippen molar-refractivity contribution in [3.63, 3.8) is 0 Å². The van der Waals surface area contributed by atoms with Gasteiger partial charge in [-0.15, -0.1) is 0 Å². The maximum Gasteiger partial charge on any atom is 0.220 e. The fourth-order valence-corrected chi connectivity index (χ4v) is 3.17. The molecule has 0 saturated carbocycles. The van der Waals surface area contributed by atoms with Crippen molar-refractivity contribution in [2.75, 3.05) is 6.61 Å². The SMILES string of the molecule is CCCCCCCC(=O)/C=C/C=C/C(=O)CCCCC(=O)NC(CO)c1ccccc1. The van der Waals surface area contributed by atoms with E-state index in [1.807, 2.05) is 30.3 Å². The normalized spacial score (nSPS) is 12.3. The van der Waals surface area contributed by atoms with Crippen LogP contribution in [0.1, 0.15) is 82.7 Å². The van der Waals surface area contributed by atoms with Crippen LogP contribution in [0.4, 0.5) is 0 Å². The Labute approximate surface area is 186 Å². The standard InChI is InChI=1S/C26H37NO4/c1-2-3-4-5-9-16-23(29)17-10-11-18-24(30)19-12-13-20-26(31)27-25(21-28)22-14-7-6-8-15-22/h6-8,10-11,14-15,17-18,25,28H,2-5,9,12-13,16,19-21H2,1H3,(H,27,31)/b17-10+,18-11+. The zero-order valence-corrected chi connectivity index (χ0v) is 18.7. The second-order valence-corrected chi connectivity index (χ2v) is 7.74. The fraction of sp³-hybridized carbons (Fsp3) is 0.500. The summed E-state index contributed by atoms with van der Waals surface area (Å²) in [7, 11) is 0. The van der Waals surface area contributed by atoms with E-state index < -0.39 is 6.04 Å². The van der Waals surface area contributed by atoms with Gasteiger partial charge in [-0.3, -0.25) is 14.4 Å². The number of carbonyl (C=O) groups is 3. The highest BCUT2D eigenvalue weighted by Crippen LogP contribution is 2.12. The van der Waals surface area contributed by atoms with Crippen molar-refractivity contribution in [1.82, 2.24) is 5.32 Å². The van der Waals surface area contributed by atoms with E-state index in [0.717, 1.165) is 18.4 Å². The molecule has 1 amide bonds. The zero-order valence-electron chi connectivity index (χ0n) is 18.7. The monoisotopic (exact) mass is 427 g/mol. The van der Waals surface area contributed by atoms with Crippen LogP contribution < -0.4 is 5.32 Å². The third-order valence-corrected chi connectivity index (χ3v) is 5.00. The van der Waals surface area contributed by atoms with Gasteiger partial charge in [0, 0.05) is 19.3 Å². The number of benzene rings is 1. The largest absolute Gasteiger partial charge is 0.394 e. The molecule has 0 radical (unpaired) electrons. The number of nitrogens with one attached hydrogen (secondary N) is 1. The van der Waals surface area contributed by atoms with E-state index in [-0.39, 0.29) is 24.1 Å². The van der Waals surface area contributed by atoms with Crippen LogP contribution in [0, 0.1) is 0 Å². The molecule has 1 rings (SSSR count). The number of hydrogen-bond acceptors (Lipinski definition) is 4. The molecule has 0 aromatic heterocycles. The van der Waals surface area contributed by atoms with Crippen LogP contribution in [0.25, 0.3) is 0 Å². The highest BCUT2D eigenvalue weighted by atomic mass is 16.3. The van der Waals surface area contributed by atoms with Crippen LogP contribution in [0.2, 0.25) is 0 Å². The Morgan fingerprint density at radius 1 is 0.839 bits per heavy atom. The Bertz CT molecular complexity index is 709. The van der Waals surface area contributed by atoms with Crippen molar-refractivity contribution in [2.24, 2.45) is 0 Å². The molecule has 1 aromatic rings. The van der Waals surface area contributed by atoms with Gasteiger partial charge in [-0.2, -0.15) is 0 Å². The molecule has 1 unspecified atom stereocenters. The highest BCUT2D eigenvalue weighted by Gasteiger charge is 2.13. The van der Waals surface area contributed by atoms with Crippen molar-refractivity contribution in [3.8, 4) is 0 Å². The van der Waals surface area contributed by atoms with Crippen LogP contribution >= 0.6 is 0 Å². The summed E-state index contributed by atoms with van der Waals surface area (Å²) >= 11 is 0. The third-order valence-electron chi connectivity index (χ3n) is 5.00. The Morgan fingerprint density at radius 3 is 1.97 bits per heavy atom. The molecular weight excluding hydrogens is 390 g/mol. The van der Waals surface area contributed by atoms with E-state index in [0.29, 0.717) is 32.1 Å². The quantitative estimate of drug-likeness (QED) is 0.208. The maximum absolute atomic E-state index is 12.1. The summed E-state index contributed by atoms with van der Waals surface area (Å²) < 4.78 is 0. The second kappa shape index (κ2) is 17.2. The van der Waals surface area contributed by atoms with Gasteiger partial charge in [-0.1, -0.05) is 75.1 Å². The fourth-order valence-electron chi connectivity index (χ4n) is 3.17. The lowest BCUT2D eigenvalue weighted by atomic mass is 10.1. The zero-order chi connectivity index (χ0) is 22.7. The van der Waals surface area contributed by atoms with Gasteiger partial charge >= 0.3 is 0 Å². The van der Waals surface area contributed by atoms with Crippen LogP contribution in [0.5, 0.6) is 0 Å². The van der Waals surface area contributed by atoms with Crippen LogP contribution in [0.3, 0.4) is 0 Å². The van der Waals surface area contributed by atoms with Gasteiger partial charge < -0.3 is 10.4 Å². The summed E-state index contributed by atoms with van der Waals surface area (Å²) in [5.74, 6) is -0.0621. The first-order valence-electron chi connectivity index (χ1n) is 11.4. The number of unbranched alkanes of at least 4 members (excludes halogenated alkanes) is 5. The Hall–Kier alpha value is -2.53. The molecule has 0 aliphatic carbocycles. The molecule has 0 aliphatic heterocycles. The topological polar surface area (TPSA) is 83.5 Å². The molecule has 1 atom stereocenters. The van der Waals surface area contributed by atoms with Crippen LogP contribution in [0.15, 0.2) is 54.6 Å². The number of carbonyl (C=O) groups excluding carboxylic acids is 3. The summed E-state index contributed by atoms with van der Waals surface area (Å²) in [4.78, 5) is 35.7. The molecule has 5 heteroatoms. The van der Waals surface area contributed by atoms with Gasteiger partial charge in [0.25, 0.3) is 0 Å². The molecule has 0 aliphatic rings. The lowest BCUT2D eigenvalue weighted by Crippen LogP contribution is -2.30. The minimum Gasteiger partial charge on any atom is -0.394 e. The molecule has 0 spiro atoms. The Morgan fingerprint density at radius 2 is 1.39 bits per heavy atom. The highest BCUT2D eigenvalue weighted by molar-refractivity contribution is 5.91. The summed E-state index contributed by atoms with van der Waals surface area (Å²) in [6, 6.07) is 8.92.